The predicted octanol–water partition coefficient (Wildman–Crippen LogP) is 3.96. The van der Waals surface area contributed by atoms with Crippen molar-refractivity contribution in [3.63, 3.8) is 0 Å². The molecule has 0 radical (unpaired) electrons. The fourth-order valence-electron chi connectivity index (χ4n) is 2.55. The Morgan fingerprint density at radius 1 is 1.13 bits per heavy atom. The molecule has 0 aliphatic rings. The molecular weight excluding hydrogens is 312 g/mol. The Bertz CT molecular complexity index is 928. The quantitative estimate of drug-likeness (QED) is 0.585. The number of anilines is 1. The van der Waals surface area contributed by atoms with Gasteiger partial charge in [-0.3, -0.25) is 9.59 Å². The number of para-hydroxylation sites is 1. The topological polar surface area (TPSA) is 51.1 Å². The molecule has 0 spiro atoms. The number of benzene rings is 2. The Balaban J connectivity index is 1.93. The second-order valence-corrected chi connectivity index (χ2v) is 5.85. The number of amides is 1. The highest BCUT2D eigenvalue weighted by atomic mass is 35.5. The number of ketones is 1. The maximum Gasteiger partial charge on any atom is 0.296 e. The number of halogens is 1. The molecule has 0 saturated heterocycles. The summed E-state index contributed by atoms with van der Waals surface area (Å²) in [5, 5.41) is 3.91. The van der Waals surface area contributed by atoms with Crippen molar-refractivity contribution in [1.29, 1.82) is 0 Å². The van der Waals surface area contributed by atoms with Crippen LogP contribution in [-0.4, -0.2) is 16.3 Å². The summed E-state index contributed by atoms with van der Waals surface area (Å²) >= 11 is 5.94. The zero-order valence-electron chi connectivity index (χ0n) is 12.8. The lowest BCUT2D eigenvalue weighted by Crippen LogP contribution is -2.23. The predicted molar refractivity (Wildman–Crippen MR) is 92.1 cm³/mol. The third-order valence-corrected chi connectivity index (χ3v) is 4.03. The first-order valence-electron chi connectivity index (χ1n) is 7.13. The van der Waals surface area contributed by atoms with Gasteiger partial charge in [0.2, 0.25) is 0 Å². The van der Waals surface area contributed by atoms with E-state index in [4.69, 9.17) is 11.6 Å². The van der Waals surface area contributed by atoms with Gasteiger partial charge in [-0.2, -0.15) is 0 Å². The lowest BCUT2D eigenvalue weighted by atomic mass is 10.1. The highest BCUT2D eigenvalue weighted by Crippen LogP contribution is 2.23. The zero-order valence-corrected chi connectivity index (χ0v) is 13.5. The van der Waals surface area contributed by atoms with E-state index in [0.717, 1.165) is 16.5 Å². The summed E-state index contributed by atoms with van der Waals surface area (Å²) in [4.78, 5) is 24.8. The molecule has 1 amide bonds. The summed E-state index contributed by atoms with van der Waals surface area (Å²) in [6, 6.07) is 12.6. The van der Waals surface area contributed by atoms with Crippen molar-refractivity contribution in [2.24, 2.45) is 7.05 Å². The van der Waals surface area contributed by atoms with Crippen molar-refractivity contribution in [2.75, 3.05) is 5.32 Å². The van der Waals surface area contributed by atoms with Gasteiger partial charge < -0.3 is 9.88 Å². The highest BCUT2D eigenvalue weighted by Gasteiger charge is 2.21. The van der Waals surface area contributed by atoms with Crippen molar-refractivity contribution < 1.29 is 9.59 Å². The van der Waals surface area contributed by atoms with Gasteiger partial charge in [0.1, 0.15) is 0 Å². The molecule has 0 saturated carbocycles. The smallest absolute Gasteiger partial charge is 0.296 e. The maximum atomic E-state index is 12.5. The van der Waals surface area contributed by atoms with Crippen molar-refractivity contribution in [3.05, 3.63) is 64.8 Å². The van der Waals surface area contributed by atoms with Crippen LogP contribution >= 0.6 is 11.6 Å². The Morgan fingerprint density at radius 3 is 2.65 bits per heavy atom. The number of nitrogens with zero attached hydrogens (tertiary/aromatic N) is 1. The van der Waals surface area contributed by atoms with Crippen LogP contribution in [0.5, 0.6) is 0 Å². The van der Waals surface area contributed by atoms with Gasteiger partial charge in [0.25, 0.3) is 11.7 Å². The second-order valence-electron chi connectivity index (χ2n) is 5.41. The van der Waals surface area contributed by atoms with E-state index >= 15 is 0 Å². The van der Waals surface area contributed by atoms with E-state index in [0.29, 0.717) is 16.3 Å². The van der Waals surface area contributed by atoms with Crippen LogP contribution in [-0.2, 0) is 11.8 Å². The van der Waals surface area contributed by atoms with E-state index < -0.39 is 11.7 Å². The summed E-state index contributed by atoms with van der Waals surface area (Å²) < 4.78 is 1.83. The minimum Gasteiger partial charge on any atom is -0.350 e. The Kier molecular flexibility index (Phi) is 3.92. The van der Waals surface area contributed by atoms with Crippen molar-refractivity contribution >= 4 is 39.9 Å². The summed E-state index contributed by atoms with van der Waals surface area (Å²) in [7, 11) is 1.85. The van der Waals surface area contributed by atoms with E-state index in [2.05, 4.69) is 5.32 Å². The summed E-state index contributed by atoms with van der Waals surface area (Å²) in [5.41, 5.74) is 2.67. The van der Waals surface area contributed by atoms with Gasteiger partial charge in [-0.25, -0.2) is 0 Å². The van der Waals surface area contributed by atoms with Crippen molar-refractivity contribution in [2.45, 2.75) is 6.92 Å². The van der Waals surface area contributed by atoms with E-state index in [1.165, 1.54) is 0 Å². The molecular formula is C18H15ClN2O2. The summed E-state index contributed by atoms with van der Waals surface area (Å²) in [6.45, 7) is 1.84. The van der Waals surface area contributed by atoms with Gasteiger partial charge in [0.15, 0.2) is 0 Å². The number of aryl methyl sites for hydroxylation is 2. The average Bonchev–Trinajstić information content (AvgIpc) is 2.87. The highest BCUT2D eigenvalue weighted by molar-refractivity contribution is 6.48. The molecule has 0 fully saturated rings. The maximum absolute atomic E-state index is 12.5. The summed E-state index contributed by atoms with van der Waals surface area (Å²) in [6.07, 6.45) is 1.68. The first kappa shape index (κ1) is 15.3. The molecule has 0 aliphatic carbocycles. The molecule has 3 aromatic rings. The normalized spacial score (nSPS) is 10.7. The fraction of sp³-hybridized carbons (Fsp3) is 0.111. The number of hydrogen-bond donors (Lipinski definition) is 1. The number of hydrogen-bond acceptors (Lipinski definition) is 2. The number of fused-ring (bicyclic) bond motifs is 1. The molecule has 1 aromatic heterocycles. The lowest BCUT2D eigenvalue weighted by Gasteiger charge is -2.07. The van der Waals surface area contributed by atoms with Gasteiger partial charge >= 0.3 is 0 Å². The Hall–Kier alpha value is -2.59. The minimum atomic E-state index is -0.674. The van der Waals surface area contributed by atoms with E-state index in [1.54, 1.807) is 24.4 Å². The first-order valence-corrected chi connectivity index (χ1v) is 7.51. The van der Waals surface area contributed by atoms with Crippen LogP contribution in [0.2, 0.25) is 5.02 Å². The van der Waals surface area contributed by atoms with Gasteiger partial charge in [-0.15, -0.1) is 0 Å². The second kappa shape index (κ2) is 5.89. The van der Waals surface area contributed by atoms with Crippen molar-refractivity contribution in [3.8, 4) is 0 Å². The number of aromatic nitrogens is 1. The third kappa shape index (κ3) is 2.85. The SMILES string of the molecule is Cc1ccc(Cl)cc1NC(=O)C(=O)c1cn(C)c2ccccc12. The van der Waals surface area contributed by atoms with Crippen LogP contribution in [0.3, 0.4) is 0 Å². The largest absolute Gasteiger partial charge is 0.350 e. The van der Waals surface area contributed by atoms with Gasteiger partial charge in [-0.1, -0.05) is 35.9 Å². The molecule has 2 aromatic carbocycles. The number of carbonyl (C=O) groups excluding carboxylic acids is 2. The standard InChI is InChI=1S/C18H15ClN2O2/c1-11-7-8-12(19)9-15(11)20-18(23)17(22)14-10-21(2)16-6-4-3-5-13(14)16/h3-10H,1-2H3,(H,20,23). The monoisotopic (exact) mass is 326 g/mol. The molecule has 0 bridgehead atoms. The molecule has 23 heavy (non-hydrogen) atoms. The average molecular weight is 327 g/mol. The molecule has 1 heterocycles. The number of nitrogens with one attached hydrogen (secondary N) is 1. The number of Topliss-reactive ketones (excluding diaryl/α,β-unsaturated/α-hetero) is 1. The Morgan fingerprint density at radius 2 is 1.87 bits per heavy atom. The molecule has 0 aliphatic heterocycles. The molecule has 5 heteroatoms. The van der Waals surface area contributed by atoms with Gasteiger partial charge in [0, 0.05) is 34.9 Å². The van der Waals surface area contributed by atoms with E-state index in [1.807, 2.05) is 42.8 Å². The third-order valence-electron chi connectivity index (χ3n) is 3.80. The summed E-state index contributed by atoms with van der Waals surface area (Å²) in [5.74, 6) is -1.24. The van der Waals surface area contributed by atoms with Crippen LogP contribution in [0.1, 0.15) is 15.9 Å². The molecule has 4 nitrogen and oxygen atoms in total. The molecule has 0 atom stereocenters. The minimum absolute atomic E-state index is 0.389. The van der Waals surface area contributed by atoms with Gasteiger partial charge in [-0.05, 0) is 30.7 Å². The van der Waals surface area contributed by atoms with Crippen LogP contribution < -0.4 is 5.32 Å². The zero-order chi connectivity index (χ0) is 16.6. The molecule has 116 valence electrons. The molecule has 1 N–H and O–H groups in total. The van der Waals surface area contributed by atoms with Crippen LogP contribution in [0.4, 0.5) is 5.69 Å². The lowest BCUT2D eigenvalue weighted by molar-refractivity contribution is -0.112. The molecule has 3 rings (SSSR count). The van der Waals surface area contributed by atoms with Crippen molar-refractivity contribution in [1.82, 2.24) is 4.57 Å². The first-order chi connectivity index (χ1) is 11.0. The van der Waals surface area contributed by atoms with Gasteiger partial charge in [0.05, 0.1) is 5.56 Å². The molecule has 0 unspecified atom stereocenters. The van der Waals surface area contributed by atoms with Crippen LogP contribution in [0, 0.1) is 6.92 Å². The van der Waals surface area contributed by atoms with E-state index in [-0.39, 0.29) is 0 Å². The van der Waals surface area contributed by atoms with E-state index in [9.17, 15) is 9.59 Å². The fourth-order valence-corrected chi connectivity index (χ4v) is 2.73. The number of carbonyl (C=O) groups is 2. The number of rotatable bonds is 3. The Labute approximate surface area is 138 Å². The van der Waals surface area contributed by atoms with Crippen LogP contribution in [0.25, 0.3) is 10.9 Å². The van der Waals surface area contributed by atoms with Crippen LogP contribution in [0.15, 0.2) is 48.7 Å².